The molecule has 180 valence electrons. The number of amides is 2. The number of ether oxygens (including phenoxy) is 1. The van der Waals surface area contributed by atoms with Gasteiger partial charge in [-0.2, -0.15) is 0 Å². The van der Waals surface area contributed by atoms with E-state index >= 15 is 0 Å². The zero-order chi connectivity index (χ0) is 24.8. The highest BCUT2D eigenvalue weighted by Gasteiger charge is 2.31. The smallest absolute Gasteiger partial charge is 0.244 e. The molecule has 2 amide bonds. The van der Waals surface area contributed by atoms with E-state index in [2.05, 4.69) is 5.32 Å². The van der Waals surface area contributed by atoms with Crippen molar-refractivity contribution in [2.75, 3.05) is 30.8 Å². The Morgan fingerprint density at radius 2 is 1.79 bits per heavy atom. The summed E-state index contributed by atoms with van der Waals surface area (Å²) in [6, 6.07) is 10.5. The summed E-state index contributed by atoms with van der Waals surface area (Å²) in [6.45, 7) is 3.24. The van der Waals surface area contributed by atoms with Crippen LogP contribution < -0.4 is 14.4 Å². The van der Waals surface area contributed by atoms with Crippen molar-refractivity contribution in [2.24, 2.45) is 0 Å². The maximum atomic E-state index is 13.4. The molecule has 0 aliphatic rings. The molecule has 33 heavy (non-hydrogen) atoms. The number of anilines is 1. The molecule has 0 radical (unpaired) electrons. The number of halogens is 2. The first-order chi connectivity index (χ1) is 15.5. The molecule has 0 aromatic heterocycles. The monoisotopic (exact) mass is 515 g/mol. The van der Waals surface area contributed by atoms with E-state index in [0.29, 0.717) is 17.1 Å². The first kappa shape index (κ1) is 26.8. The average Bonchev–Trinajstić information content (AvgIpc) is 2.74. The fourth-order valence-electron chi connectivity index (χ4n) is 3.19. The Labute approximate surface area is 204 Å². The Kier molecular flexibility index (Phi) is 9.39. The molecule has 0 aliphatic heterocycles. The number of nitrogens with one attached hydrogen (secondary N) is 1. The molecule has 0 saturated carbocycles. The Morgan fingerprint density at radius 1 is 1.12 bits per heavy atom. The predicted octanol–water partition coefficient (Wildman–Crippen LogP) is 3.32. The van der Waals surface area contributed by atoms with Crippen LogP contribution in [0.1, 0.15) is 19.4 Å². The van der Waals surface area contributed by atoms with E-state index in [4.69, 9.17) is 27.9 Å². The Bertz CT molecular complexity index is 1110. The highest BCUT2D eigenvalue weighted by molar-refractivity contribution is 7.92. The lowest BCUT2D eigenvalue weighted by molar-refractivity contribution is -0.139. The second-order valence-corrected chi connectivity index (χ2v) is 10.1. The van der Waals surface area contributed by atoms with E-state index in [0.717, 1.165) is 10.6 Å². The quantitative estimate of drug-likeness (QED) is 0.523. The molecule has 0 heterocycles. The van der Waals surface area contributed by atoms with Crippen LogP contribution in [-0.2, 0) is 26.2 Å². The largest absolute Gasteiger partial charge is 0.495 e. The third-order valence-corrected chi connectivity index (χ3v) is 6.45. The number of rotatable bonds is 10. The molecule has 0 bridgehead atoms. The van der Waals surface area contributed by atoms with E-state index in [9.17, 15) is 18.0 Å². The molecule has 0 spiro atoms. The summed E-state index contributed by atoms with van der Waals surface area (Å²) < 4.78 is 31.5. The van der Waals surface area contributed by atoms with Crippen LogP contribution in [-0.4, -0.2) is 57.6 Å². The molecular weight excluding hydrogens is 489 g/mol. The predicted molar refractivity (Wildman–Crippen MR) is 130 cm³/mol. The molecule has 1 atom stereocenters. The third-order valence-electron chi connectivity index (χ3n) is 4.85. The molecule has 2 rings (SSSR count). The van der Waals surface area contributed by atoms with Crippen molar-refractivity contribution in [1.82, 2.24) is 10.2 Å². The van der Waals surface area contributed by atoms with Crippen LogP contribution in [0.2, 0.25) is 10.0 Å². The van der Waals surface area contributed by atoms with Crippen molar-refractivity contribution < 1.29 is 22.7 Å². The van der Waals surface area contributed by atoms with Crippen LogP contribution in [0, 0.1) is 0 Å². The molecule has 8 nitrogen and oxygen atoms in total. The minimum atomic E-state index is -3.91. The van der Waals surface area contributed by atoms with Gasteiger partial charge in [0.15, 0.2) is 0 Å². The number of methoxy groups -OCH3 is 1. The second kappa shape index (κ2) is 11.6. The summed E-state index contributed by atoms with van der Waals surface area (Å²) in [5.41, 5.74) is 0.812. The molecule has 0 saturated heterocycles. The van der Waals surface area contributed by atoms with Crippen molar-refractivity contribution >= 4 is 50.7 Å². The first-order valence-electron chi connectivity index (χ1n) is 10.1. The Hall–Kier alpha value is -2.49. The minimum Gasteiger partial charge on any atom is -0.495 e. The van der Waals surface area contributed by atoms with Gasteiger partial charge in [-0.3, -0.25) is 13.9 Å². The normalized spacial score (nSPS) is 12.1. The lowest BCUT2D eigenvalue weighted by atomic mass is 10.1. The van der Waals surface area contributed by atoms with Crippen LogP contribution in [0.15, 0.2) is 42.5 Å². The summed E-state index contributed by atoms with van der Waals surface area (Å²) >= 11 is 12.2. The topological polar surface area (TPSA) is 96.0 Å². The van der Waals surface area contributed by atoms with E-state index < -0.39 is 28.5 Å². The van der Waals surface area contributed by atoms with Gasteiger partial charge in [-0.25, -0.2) is 8.42 Å². The molecule has 1 unspecified atom stereocenters. The van der Waals surface area contributed by atoms with Gasteiger partial charge in [0.25, 0.3) is 0 Å². The van der Waals surface area contributed by atoms with Gasteiger partial charge in [-0.05, 0) is 49.7 Å². The van der Waals surface area contributed by atoms with Crippen LogP contribution >= 0.6 is 23.2 Å². The first-order valence-corrected chi connectivity index (χ1v) is 12.7. The van der Waals surface area contributed by atoms with Crippen LogP contribution in [0.4, 0.5) is 5.69 Å². The molecule has 0 aliphatic carbocycles. The average molecular weight is 516 g/mol. The summed E-state index contributed by atoms with van der Waals surface area (Å²) in [7, 11) is -2.52. The van der Waals surface area contributed by atoms with Crippen LogP contribution in [0.25, 0.3) is 0 Å². The number of hydrogen-bond donors (Lipinski definition) is 1. The van der Waals surface area contributed by atoms with Gasteiger partial charge in [0.1, 0.15) is 18.3 Å². The fourth-order valence-corrected chi connectivity index (χ4v) is 4.41. The number of benzene rings is 2. The number of sulfonamides is 1. The van der Waals surface area contributed by atoms with Crippen molar-refractivity contribution in [3.63, 3.8) is 0 Å². The van der Waals surface area contributed by atoms with E-state index in [1.54, 1.807) is 44.2 Å². The zero-order valence-corrected chi connectivity index (χ0v) is 21.2. The highest BCUT2D eigenvalue weighted by Crippen LogP contribution is 2.33. The minimum absolute atomic E-state index is 0.0575. The zero-order valence-electron chi connectivity index (χ0n) is 18.8. The molecule has 2 aromatic rings. The molecule has 1 N–H and O–H groups in total. The Balaban J connectivity index is 2.46. The lowest BCUT2D eigenvalue weighted by Gasteiger charge is -2.31. The maximum absolute atomic E-state index is 13.4. The summed E-state index contributed by atoms with van der Waals surface area (Å²) in [6.07, 6.45) is 0.981. The van der Waals surface area contributed by atoms with Crippen molar-refractivity contribution in [3.8, 4) is 5.75 Å². The molecule has 11 heteroatoms. The van der Waals surface area contributed by atoms with Gasteiger partial charge < -0.3 is 15.0 Å². The van der Waals surface area contributed by atoms with E-state index in [1.165, 1.54) is 24.1 Å². The van der Waals surface area contributed by atoms with Gasteiger partial charge in [0.05, 0.1) is 19.1 Å². The van der Waals surface area contributed by atoms with Crippen molar-refractivity contribution in [1.29, 1.82) is 0 Å². The number of nitrogens with zero attached hydrogens (tertiary/aromatic N) is 2. The summed E-state index contributed by atoms with van der Waals surface area (Å²) in [5, 5.41) is 3.45. The number of carbonyl (C=O) groups excluding carboxylic acids is 2. The molecule has 2 aromatic carbocycles. The van der Waals surface area contributed by atoms with Gasteiger partial charge in [0, 0.05) is 23.1 Å². The van der Waals surface area contributed by atoms with E-state index in [1.807, 2.05) is 0 Å². The lowest BCUT2D eigenvalue weighted by Crippen LogP contribution is -2.51. The number of hydrogen-bond acceptors (Lipinski definition) is 5. The highest BCUT2D eigenvalue weighted by atomic mass is 35.5. The second-order valence-electron chi connectivity index (χ2n) is 7.31. The third kappa shape index (κ3) is 7.25. The van der Waals surface area contributed by atoms with Crippen molar-refractivity contribution in [3.05, 3.63) is 58.1 Å². The SMILES string of the molecule is CCNC(=O)C(C)N(Cc1cccc(Cl)c1)C(=O)CN(c1cc(Cl)ccc1OC)S(C)(=O)=O. The number of carbonyl (C=O) groups is 2. The summed E-state index contributed by atoms with van der Waals surface area (Å²) in [5.74, 6) is -0.712. The van der Waals surface area contributed by atoms with Crippen LogP contribution in [0.3, 0.4) is 0 Å². The van der Waals surface area contributed by atoms with Gasteiger partial charge >= 0.3 is 0 Å². The standard InChI is InChI=1S/C22H27Cl2N3O5S/c1-5-25-22(29)15(2)26(13-16-7-6-8-17(23)11-16)21(28)14-27(33(4,30)31)19-12-18(24)9-10-20(19)32-3/h6-12,15H,5,13-14H2,1-4H3,(H,25,29). The van der Waals surface area contributed by atoms with Crippen molar-refractivity contribution in [2.45, 2.75) is 26.4 Å². The number of likely N-dealkylation sites (N-methyl/N-ethyl adjacent to an activating group) is 1. The molecule has 0 fully saturated rings. The summed E-state index contributed by atoms with van der Waals surface area (Å²) in [4.78, 5) is 27.3. The molecular formula is C22H27Cl2N3O5S. The van der Waals surface area contributed by atoms with Gasteiger partial charge in [0.2, 0.25) is 21.8 Å². The van der Waals surface area contributed by atoms with Gasteiger partial charge in [-0.1, -0.05) is 35.3 Å². The van der Waals surface area contributed by atoms with Crippen LogP contribution in [0.5, 0.6) is 5.75 Å². The Morgan fingerprint density at radius 3 is 2.36 bits per heavy atom. The fraction of sp³-hybridized carbons (Fsp3) is 0.364. The van der Waals surface area contributed by atoms with E-state index in [-0.39, 0.29) is 28.9 Å². The van der Waals surface area contributed by atoms with Gasteiger partial charge in [-0.15, -0.1) is 0 Å². The maximum Gasteiger partial charge on any atom is 0.244 e.